The second kappa shape index (κ2) is 5.23. The van der Waals surface area contributed by atoms with Gasteiger partial charge in [0.2, 0.25) is 0 Å². The van der Waals surface area contributed by atoms with Crippen LogP contribution >= 0.6 is 11.3 Å². The van der Waals surface area contributed by atoms with Crippen LogP contribution in [0.1, 0.15) is 16.0 Å². The van der Waals surface area contributed by atoms with E-state index in [1.54, 1.807) is 13.8 Å². The summed E-state index contributed by atoms with van der Waals surface area (Å²) in [5.74, 6) is -0.830. The molecule has 7 heteroatoms. The Balaban J connectivity index is 2.48. The Morgan fingerprint density at radius 1 is 1.30 bits per heavy atom. The molecular weight excluding hydrogens is 299 g/mol. The molecule has 1 aromatic heterocycles. The molecule has 2 aromatic rings. The maximum Gasteiger partial charge on any atom is 0.265 e. The minimum Gasteiger partial charge on any atom is -0.269 e. The van der Waals surface area contributed by atoms with Crippen molar-refractivity contribution in [3.63, 3.8) is 0 Å². The van der Waals surface area contributed by atoms with Gasteiger partial charge in [-0.2, -0.15) is 5.26 Å². The van der Waals surface area contributed by atoms with Crippen molar-refractivity contribution in [3.8, 4) is 6.07 Å². The van der Waals surface area contributed by atoms with Crippen molar-refractivity contribution in [3.05, 3.63) is 46.1 Å². The lowest BCUT2D eigenvalue weighted by atomic mass is 10.2. The zero-order valence-electron chi connectivity index (χ0n) is 10.8. The first-order valence-electron chi connectivity index (χ1n) is 5.64. The van der Waals surface area contributed by atoms with E-state index in [1.165, 1.54) is 18.2 Å². The summed E-state index contributed by atoms with van der Waals surface area (Å²) in [6.07, 6.45) is 0. The topological polar surface area (TPSA) is 70.0 Å². The largest absolute Gasteiger partial charge is 0.269 e. The van der Waals surface area contributed by atoms with Gasteiger partial charge in [0.05, 0.1) is 5.56 Å². The molecule has 2 rings (SSSR count). The minimum absolute atomic E-state index is 0.214. The van der Waals surface area contributed by atoms with E-state index >= 15 is 0 Å². The van der Waals surface area contributed by atoms with E-state index in [4.69, 9.17) is 5.26 Å². The van der Waals surface area contributed by atoms with Crippen LogP contribution in [0.4, 0.5) is 9.39 Å². The number of anilines is 1. The van der Waals surface area contributed by atoms with Gasteiger partial charge in [0.15, 0.2) is 0 Å². The summed E-state index contributed by atoms with van der Waals surface area (Å²) in [4.78, 5) is 0.403. The Bertz CT molecular complexity index is 804. The van der Waals surface area contributed by atoms with Crippen molar-refractivity contribution in [2.24, 2.45) is 0 Å². The third kappa shape index (κ3) is 2.53. The minimum atomic E-state index is -4.05. The van der Waals surface area contributed by atoms with Crippen molar-refractivity contribution >= 4 is 26.4 Å². The first kappa shape index (κ1) is 14.5. The highest BCUT2D eigenvalue weighted by Gasteiger charge is 2.22. The van der Waals surface area contributed by atoms with Crippen molar-refractivity contribution in [2.75, 3.05) is 4.72 Å². The van der Waals surface area contributed by atoms with Crippen LogP contribution in [0.15, 0.2) is 29.2 Å². The second-order valence-corrected chi connectivity index (χ2v) is 7.01. The van der Waals surface area contributed by atoms with Crippen molar-refractivity contribution in [1.82, 2.24) is 0 Å². The first-order valence-corrected chi connectivity index (χ1v) is 7.94. The average Bonchev–Trinajstić information content (AvgIpc) is 2.64. The zero-order chi connectivity index (χ0) is 14.9. The number of nitrogens with one attached hydrogen (secondary N) is 1. The molecule has 104 valence electrons. The molecule has 20 heavy (non-hydrogen) atoms. The molecule has 0 radical (unpaired) electrons. The Kier molecular flexibility index (Phi) is 3.79. The molecule has 0 amide bonds. The molecule has 0 bridgehead atoms. The molecule has 0 aliphatic heterocycles. The lowest BCUT2D eigenvalue weighted by molar-refractivity contribution is 0.570. The Morgan fingerprint density at radius 2 is 1.95 bits per heavy atom. The van der Waals surface area contributed by atoms with Crippen LogP contribution in [0.5, 0.6) is 0 Å². The number of hydrogen-bond donors (Lipinski definition) is 1. The van der Waals surface area contributed by atoms with Crippen molar-refractivity contribution in [2.45, 2.75) is 18.7 Å². The van der Waals surface area contributed by atoms with Crippen LogP contribution in [0.3, 0.4) is 0 Å². The smallest absolute Gasteiger partial charge is 0.265 e. The SMILES string of the molecule is Cc1sc(NS(=O)(=O)c2ccccc2F)c(C#N)c1C. The molecule has 4 nitrogen and oxygen atoms in total. The summed E-state index contributed by atoms with van der Waals surface area (Å²) in [5.41, 5.74) is 0.996. The van der Waals surface area contributed by atoms with Gasteiger partial charge >= 0.3 is 0 Å². The summed E-state index contributed by atoms with van der Waals surface area (Å²) in [6, 6.07) is 7.06. The van der Waals surface area contributed by atoms with Crippen LogP contribution in [0.2, 0.25) is 0 Å². The molecule has 1 heterocycles. The highest BCUT2D eigenvalue weighted by Crippen LogP contribution is 2.33. The second-order valence-electron chi connectivity index (χ2n) is 4.14. The average molecular weight is 310 g/mol. The fourth-order valence-electron chi connectivity index (χ4n) is 1.67. The van der Waals surface area contributed by atoms with E-state index in [9.17, 15) is 12.8 Å². The summed E-state index contributed by atoms with van der Waals surface area (Å²) in [7, 11) is -4.05. The van der Waals surface area contributed by atoms with Gasteiger partial charge in [-0.15, -0.1) is 11.3 Å². The molecule has 1 N–H and O–H groups in total. The van der Waals surface area contributed by atoms with Gasteiger partial charge in [0.1, 0.15) is 21.8 Å². The van der Waals surface area contributed by atoms with Crippen LogP contribution in [-0.4, -0.2) is 8.42 Å². The predicted octanol–water partition coefficient (Wildman–Crippen LogP) is 3.18. The lowest BCUT2D eigenvalue weighted by Crippen LogP contribution is -2.14. The first-order chi connectivity index (χ1) is 9.36. The van der Waals surface area contributed by atoms with E-state index in [1.807, 2.05) is 6.07 Å². The summed E-state index contributed by atoms with van der Waals surface area (Å²) in [5, 5.41) is 9.30. The van der Waals surface area contributed by atoms with E-state index in [0.29, 0.717) is 0 Å². The highest BCUT2D eigenvalue weighted by atomic mass is 32.2. The zero-order valence-corrected chi connectivity index (χ0v) is 12.4. The number of halogens is 1. The molecule has 1 aromatic carbocycles. The number of benzene rings is 1. The van der Waals surface area contributed by atoms with Gasteiger partial charge < -0.3 is 0 Å². The molecule has 0 unspecified atom stereocenters. The maximum atomic E-state index is 13.6. The van der Waals surface area contributed by atoms with Crippen LogP contribution in [0, 0.1) is 31.0 Å². The number of nitrogens with zero attached hydrogens (tertiary/aromatic N) is 1. The molecule has 0 aliphatic carbocycles. The Hall–Kier alpha value is -1.91. The number of thiophene rings is 1. The van der Waals surface area contributed by atoms with Crippen LogP contribution in [0.25, 0.3) is 0 Å². The van der Waals surface area contributed by atoms with Gasteiger partial charge in [-0.3, -0.25) is 4.72 Å². The number of hydrogen-bond acceptors (Lipinski definition) is 4. The van der Waals surface area contributed by atoms with Crippen molar-refractivity contribution in [1.29, 1.82) is 5.26 Å². The van der Waals surface area contributed by atoms with Gasteiger partial charge in [0.25, 0.3) is 10.0 Å². The van der Waals surface area contributed by atoms with Gasteiger partial charge in [-0.1, -0.05) is 12.1 Å². The number of sulfonamides is 1. The van der Waals surface area contributed by atoms with E-state index in [2.05, 4.69) is 4.72 Å². The normalized spacial score (nSPS) is 11.1. The predicted molar refractivity (Wildman–Crippen MR) is 75.7 cm³/mol. The molecule has 0 saturated heterocycles. The van der Waals surface area contributed by atoms with Crippen LogP contribution in [-0.2, 0) is 10.0 Å². The quantitative estimate of drug-likeness (QED) is 0.946. The molecular formula is C13H11FN2O2S2. The van der Waals surface area contributed by atoms with Crippen molar-refractivity contribution < 1.29 is 12.8 Å². The molecule has 0 spiro atoms. The number of aryl methyl sites for hydroxylation is 1. The Morgan fingerprint density at radius 3 is 2.55 bits per heavy atom. The van der Waals surface area contributed by atoms with Gasteiger partial charge in [-0.05, 0) is 31.5 Å². The summed E-state index contributed by atoms with van der Waals surface area (Å²) < 4.78 is 40.2. The van der Waals surface area contributed by atoms with E-state index in [-0.39, 0.29) is 10.6 Å². The van der Waals surface area contributed by atoms with E-state index in [0.717, 1.165) is 27.8 Å². The molecule has 0 fully saturated rings. The fourth-order valence-corrected chi connectivity index (χ4v) is 4.07. The summed E-state index contributed by atoms with van der Waals surface area (Å²) >= 11 is 1.16. The van der Waals surface area contributed by atoms with Crippen LogP contribution < -0.4 is 4.72 Å². The maximum absolute atomic E-state index is 13.6. The summed E-state index contributed by atoms with van der Waals surface area (Å²) in [6.45, 7) is 3.53. The lowest BCUT2D eigenvalue weighted by Gasteiger charge is -2.07. The molecule has 0 saturated carbocycles. The van der Waals surface area contributed by atoms with Gasteiger partial charge in [0, 0.05) is 4.88 Å². The monoisotopic (exact) mass is 310 g/mol. The fraction of sp³-hybridized carbons (Fsp3) is 0.154. The molecule has 0 aliphatic rings. The number of rotatable bonds is 3. The standard InChI is InChI=1S/C13H11FN2O2S2/c1-8-9(2)19-13(10(8)7-15)16-20(17,18)12-6-4-3-5-11(12)14/h3-6,16H,1-2H3. The highest BCUT2D eigenvalue weighted by molar-refractivity contribution is 7.93. The van der Waals surface area contributed by atoms with Gasteiger partial charge in [-0.25, -0.2) is 12.8 Å². The third-order valence-corrected chi connectivity index (χ3v) is 5.49. The third-order valence-electron chi connectivity index (χ3n) is 2.85. The Labute approximate surface area is 120 Å². The molecule has 0 atom stereocenters. The van der Waals surface area contributed by atoms with E-state index < -0.39 is 20.7 Å². The number of nitriles is 1.